The van der Waals surface area contributed by atoms with Gasteiger partial charge >= 0.3 is 5.97 Å². The van der Waals surface area contributed by atoms with Gasteiger partial charge in [0, 0.05) is 25.8 Å². The summed E-state index contributed by atoms with van der Waals surface area (Å²) in [4.78, 5) is 11.7. The molecule has 114 valence electrons. The van der Waals surface area contributed by atoms with Crippen molar-refractivity contribution in [2.75, 3.05) is 20.3 Å². The third-order valence-electron chi connectivity index (χ3n) is 5.49. The molecule has 1 aliphatic heterocycles. The van der Waals surface area contributed by atoms with Crippen molar-refractivity contribution in [3.8, 4) is 0 Å². The van der Waals surface area contributed by atoms with Crippen molar-refractivity contribution in [2.45, 2.75) is 50.3 Å². The molecule has 3 aliphatic rings. The van der Waals surface area contributed by atoms with Crippen LogP contribution in [0.15, 0.2) is 0 Å². The van der Waals surface area contributed by atoms with E-state index in [1.807, 2.05) is 0 Å². The topological polar surface area (TPSA) is 67.8 Å². The van der Waals surface area contributed by atoms with Gasteiger partial charge in [-0.2, -0.15) is 0 Å². The maximum Gasteiger partial charge on any atom is 0.308 e. The van der Waals surface area contributed by atoms with E-state index in [1.54, 1.807) is 7.11 Å². The number of fused-ring (bicyclic) bond motifs is 1. The summed E-state index contributed by atoms with van der Waals surface area (Å²) in [6, 6.07) is 0.322. The highest BCUT2D eigenvalue weighted by molar-refractivity contribution is 5.72. The summed E-state index contributed by atoms with van der Waals surface area (Å²) >= 11 is 0. The molecule has 1 heterocycles. The fourth-order valence-corrected chi connectivity index (χ4v) is 4.54. The monoisotopic (exact) mass is 283 g/mol. The minimum absolute atomic E-state index is 0.0404. The molecule has 0 radical (unpaired) electrons. The van der Waals surface area contributed by atoms with Crippen molar-refractivity contribution in [2.24, 2.45) is 17.8 Å². The van der Waals surface area contributed by atoms with Gasteiger partial charge in [0.2, 0.25) is 0 Å². The summed E-state index contributed by atoms with van der Waals surface area (Å²) in [6.07, 6.45) is 5.43. The van der Waals surface area contributed by atoms with Crippen LogP contribution < -0.4 is 5.32 Å². The predicted octanol–water partition coefficient (Wildman–Crippen LogP) is 1.27. The summed E-state index contributed by atoms with van der Waals surface area (Å²) in [5.41, 5.74) is 0. The molecule has 0 spiro atoms. The van der Waals surface area contributed by atoms with Crippen molar-refractivity contribution in [3.63, 3.8) is 0 Å². The van der Waals surface area contributed by atoms with E-state index in [4.69, 9.17) is 9.47 Å². The molecule has 5 heteroatoms. The molecule has 3 rings (SSSR count). The first-order chi connectivity index (χ1) is 9.70. The molecule has 5 nitrogen and oxygen atoms in total. The van der Waals surface area contributed by atoms with Gasteiger partial charge in [-0.1, -0.05) is 12.8 Å². The molecule has 2 aliphatic carbocycles. The molecule has 0 amide bonds. The van der Waals surface area contributed by atoms with E-state index >= 15 is 0 Å². The minimum atomic E-state index is -0.627. The molecule has 3 fully saturated rings. The van der Waals surface area contributed by atoms with Gasteiger partial charge < -0.3 is 19.9 Å². The lowest BCUT2D eigenvalue weighted by Gasteiger charge is -2.34. The van der Waals surface area contributed by atoms with Gasteiger partial charge in [0.1, 0.15) is 0 Å². The lowest BCUT2D eigenvalue weighted by Crippen LogP contribution is -2.53. The van der Waals surface area contributed by atoms with E-state index in [9.17, 15) is 9.90 Å². The average molecular weight is 283 g/mol. The van der Waals surface area contributed by atoms with Crippen LogP contribution in [0, 0.1) is 17.8 Å². The molecule has 3 unspecified atom stereocenters. The first-order valence-electron chi connectivity index (χ1n) is 7.80. The van der Waals surface area contributed by atoms with E-state index < -0.39 is 5.97 Å². The van der Waals surface area contributed by atoms with Crippen molar-refractivity contribution in [1.82, 2.24) is 5.32 Å². The Morgan fingerprint density at radius 1 is 1.30 bits per heavy atom. The first-order valence-corrected chi connectivity index (χ1v) is 7.80. The van der Waals surface area contributed by atoms with Crippen LogP contribution in [-0.4, -0.2) is 49.6 Å². The van der Waals surface area contributed by atoms with Crippen LogP contribution >= 0.6 is 0 Å². The van der Waals surface area contributed by atoms with Crippen molar-refractivity contribution in [1.29, 1.82) is 0 Å². The molecule has 2 N–H and O–H groups in total. The molecule has 0 aromatic carbocycles. The molecule has 20 heavy (non-hydrogen) atoms. The number of carboxylic acid groups (broad SMARTS) is 1. The summed E-state index contributed by atoms with van der Waals surface area (Å²) in [5, 5.41) is 13.2. The third-order valence-corrected chi connectivity index (χ3v) is 5.49. The van der Waals surface area contributed by atoms with E-state index in [0.717, 1.165) is 25.9 Å². The molecule has 0 aromatic rings. The van der Waals surface area contributed by atoms with Crippen molar-refractivity contribution < 1.29 is 19.4 Å². The van der Waals surface area contributed by atoms with Gasteiger partial charge in [-0.15, -0.1) is 0 Å². The van der Waals surface area contributed by atoms with Crippen LogP contribution in [0.3, 0.4) is 0 Å². The third kappa shape index (κ3) is 2.59. The number of ether oxygens (including phenoxy) is 2. The Bertz CT molecular complexity index is 362. The molecular formula is C15H25NO4. The van der Waals surface area contributed by atoms with Gasteiger partial charge in [-0.25, -0.2) is 0 Å². The van der Waals surface area contributed by atoms with Crippen molar-refractivity contribution >= 4 is 5.97 Å². The van der Waals surface area contributed by atoms with Crippen LogP contribution in [0.2, 0.25) is 0 Å². The second-order valence-corrected chi connectivity index (χ2v) is 6.47. The van der Waals surface area contributed by atoms with E-state index in [2.05, 4.69) is 5.32 Å². The zero-order chi connectivity index (χ0) is 14.1. The average Bonchev–Trinajstić information content (AvgIpc) is 2.99. The lowest BCUT2D eigenvalue weighted by atomic mass is 9.90. The largest absolute Gasteiger partial charge is 0.481 e. The second kappa shape index (κ2) is 6.00. The summed E-state index contributed by atoms with van der Waals surface area (Å²) in [5.74, 6) is 0.140. The minimum Gasteiger partial charge on any atom is -0.481 e. The fourth-order valence-electron chi connectivity index (χ4n) is 4.54. The van der Waals surface area contributed by atoms with Crippen LogP contribution in [0.5, 0.6) is 0 Å². The highest BCUT2D eigenvalue weighted by Gasteiger charge is 2.49. The maximum atomic E-state index is 11.7. The van der Waals surface area contributed by atoms with Crippen LogP contribution in [-0.2, 0) is 14.3 Å². The Morgan fingerprint density at radius 3 is 2.90 bits per heavy atom. The number of hydrogen-bond donors (Lipinski definition) is 2. The van der Waals surface area contributed by atoms with Crippen molar-refractivity contribution in [3.05, 3.63) is 0 Å². The molecule has 2 saturated carbocycles. The Kier molecular flexibility index (Phi) is 4.29. The lowest BCUT2D eigenvalue weighted by molar-refractivity contribution is -0.144. The Balaban J connectivity index is 1.68. The smallest absolute Gasteiger partial charge is 0.308 e. The molecule has 0 bridgehead atoms. The van der Waals surface area contributed by atoms with E-state index in [1.165, 1.54) is 12.8 Å². The van der Waals surface area contributed by atoms with Gasteiger partial charge in [0.25, 0.3) is 0 Å². The normalized spacial score (nSPS) is 44.5. The molecule has 6 atom stereocenters. The Hall–Kier alpha value is -0.650. The van der Waals surface area contributed by atoms with Gasteiger partial charge in [0.15, 0.2) is 0 Å². The highest BCUT2D eigenvalue weighted by atomic mass is 16.5. The number of methoxy groups -OCH3 is 1. The quantitative estimate of drug-likeness (QED) is 0.813. The van der Waals surface area contributed by atoms with Crippen LogP contribution in [0.25, 0.3) is 0 Å². The van der Waals surface area contributed by atoms with Gasteiger partial charge in [-0.05, 0) is 31.1 Å². The number of hydrogen-bond acceptors (Lipinski definition) is 4. The zero-order valence-corrected chi connectivity index (χ0v) is 12.1. The van der Waals surface area contributed by atoms with E-state index in [-0.39, 0.29) is 24.1 Å². The molecular weight excluding hydrogens is 258 g/mol. The van der Waals surface area contributed by atoms with Crippen LogP contribution in [0.1, 0.15) is 32.1 Å². The van der Waals surface area contributed by atoms with Crippen LogP contribution in [0.4, 0.5) is 0 Å². The number of nitrogens with one attached hydrogen (secondary N) is 1. The summed E-state index contributed by atoms with van der Waals surface area (Å²) in [7, 11) is 1.70. The number of rotatable bonds is 4. The van der Waals surface area contributed by atoms with Gasteiger partial charge in [-0.3, -0.25) is 4.79 Å². The van der Waals surface area contributed by atoms with Gasteiger partial charge in [0.05, 0.1) is 18.6 Å². The number of aliphatic carboxylic acids is 1. The summed E-state index contributed by atoms with van der Waals surface area (Å²) < 4.78 is 10.9. The fraction of sp³-hybridized carbons (Fsp3) is 0.933. The predicted molar refractivity (Wildman–Crippen MR) is 73.5 cm³/mol. The second-order valence-electron chi connectivity index (χ2n) is 6.47. The zero-order valence-electron chi connectivity index (χ0n) is 12.1. The number of carbonyl (C=O) groups is 1. The number of carboxylic acids is 1. The Labute approximate surface area is 120 Å². The van der Waals surface area contributed by atoms with E-state index in [0.29, 0.717) is 18.4 Å². The highest BCUT2D eigenvalue weighted by Crippen LogP contribution is 2.48. The Morgan fingerprint density at radius 2 is 2.15 bits per heavy atom. The summed E-state index contributed by atoms with van der Waals surface area (Å²) in [6.45, 7) is 1.33. The maximum absolute atomic E-state index is 11.7. The first kappa shape index (κ1) is 14.3. The molecule has 1 saturated heterocycles. The standard InChI is InChI=1S/C15H25NO4/c1-19-13-8-20-6-5-11(13)16-12-7-9-3-2-4-10(9)14(12)15(17)18/h9-14,16H,2-8H2,1H3,(H,17,18)/t9?,10?,11-,12?,13+,14+/m0/s1. The SMILES string of the molecule is CO[C@@H]1COCC[C@@H]1NC1CC2CCCC2[C@H]1C(=O)O. The molecule has 0 aromatic heterocycles.